The highest BCUT2D eigenvalue weighted by Crippen LogP contribution is 2.38. The highest BCUT2D eigenvalue weighted by Gasteiger charge is 2.34. The number of aliphatic carboxylic acids is 1. The molecule has 1 aliphatic carbocycles. The van der Waals surface area contributed by atoms with Crippen molar-refractivity contribution in [1.82, 2.24) is 5.32 Å². The van der Waals surface area contributed by atoms with Crippen molar-refractivity contribution in [3.05, 3.63) is 0 Å². The zero-order valence-electron chi connectivity index (χ0n) is 12.1. The molecule has 0 aromatic rings. The Morgan fingerprint density at radius 1 is 1.24 bits per heavy atom. The molecule has 1 rings (SSSR count). The number of carbonyl (C=O) groups excluding carboxylic acids is 1. The normalized spacial score (nSPS) is 17.7. The summed E-state index contributed by atoms with van der Waals surface area (Å²) in [6, 6.07) is 0. The highest BCUT2D eigenvalue weighted by molar-refractivity contribution is 5.76. The van der Waals surface area contributed by atoms with Crippen molar-refractivity contribution in [3.63, 3.8) is 0 Å². The monoisotopic (exact) mass is 307 g/mol. The van der Waals surface area contributed by atoms with E-state index < -0.39 is 19.0 Å². The molecule has 2 N–H and O–H groups in total. The summed E-state index contributed by atoms with van der Waals surface area (Å²) in [4.78, 5) is 22.6. The first-order chi connectivity index (χ1) is 9.93. The molecule has 21 heavy (non-hydrogen) atoms. The van der Waals surface area contributed by atoms with E-state index in [2.05, 4.69) is 10.1 Å². The first-order valence-corrected chi connectivity index (χ1v) is 7.28. The third-order valence-corrected chi connectivity index (χ3v) is 3.82. The molecule has 0 aliphatic heterocycles. The van der Waals surface area contributed by atoms with E-state index in [0.29, 0.717) is 6.54 Å². The number of carboxylic acids is 1. The van der Waals surface area contributed by atoms with Gasteiger partial charge in [0.25, 0.3) is 6.43 Å². The van der Waals surface area contributed by atoms with Crippen molar-refractivity contribution >= 4 is 11.9 Å². The Balaban J connectivity index is 2.31. The number of carboxylic acid groups (broad SMARTS) is 1. The Labute approximate surface area is 123 Å². The maximum absolute atomic E-state index is 11.8. The van der Waals surface area contributed by atoms with Crippen LogP contribution >= 0.6 is 0 Å². The van der Waals surface area contributed by atoms with Crippen LogP contribution in [0.25, 0.3) is 0 Å². The quantitative estimate of drug-likeness (QED) is 0.640. The Bertz CT molecular complexity index is 344. The molecular formula is C14H23F2NO4. The molecule has 1 fully saturated rings. The minimum absolute atomic E-state index is 0.00979. The maximum Gasteiger partial charge on any atom is 0.303 e. The summed E-state index contributed by atoms with van der Waals surface area (Å²) in [7, 11) is 0. The Hall–Kier alpha value is -1.24. The van der Waals surface area contributed by atoms with Crippen LogP contribution in [0.1, 0.15) is 44.9 Å². The molecule has 0 atom stereocenters. The van der Waals surface area contributed by atoms with E-state index in [9.17, 15) is 18.4 Å². The van der Waals surface area contributed by atoms with E-state index in [4.69, 9.17) is 5.11 Å². The van der Waals surface area contributed by atoms with Crippen LogP contribution in [0.4, 0.5) is 8.78 Å². The minimum Gasteiger partial charge on any atom is -0.481 e. The first kappa shape index (κ1) is 17.8. The minimum atomic E-state index is -2.53. The summed E-state index contributed by atoms with van der Waals surface area (Å²) in [5.74, 6) is -1.15. The molecule has 0 aromatic heterocycles. The molecule has 0 heterocycles. The van der Waals surface area contributed by atoms with Gasteiger partial charge in [-0.25, -0.2) is 8.78 Å². The van der Waals surface area contributed by atoms with Gasteiger partial charge >= 0.3 is 5.97 Å². The molecular weight excluding hydrogens is 284 g/mol. The number of rotatable bonds is 9. The van der Waals surface area contributed by atoms with Gasteiger partial charge in [-0.15, -0.1) is 0 Å². The molecule has 1 amide bonds. The average molecular weight is 307 g/mol. The Morgan fingerprint density at radius 3 is 2.48 bits per heavy atom. The van der Waals surface area contributed by atoms with Gasteiger partial charge < -0.3 is 15.2 Å². The second-order valence-electron chi connectivity index (χ2n) is 5.62. The van der Waals surface area contributed by atoms with Crippen LogP contribution in [0.5, 0.6) is 0 Å². The smallest absolute Gasteiger partial charge is 0.303 e. The summed E-state index contributed by atoms with van der Waals surface area (Å²) in [6.07, 6.45) is 2.15. The van der Waals surface area contributed by atoms with Crippen molar-refractivity contribution in [2.24, 2.45) is 5.41 Å². The SMILES string of the molecule is O=C(O)CC1(CNC(=O)CCOCC(F)F)CCCCC1. The van der Waals surface area contributed by atoms with Crippen molar-refractivity contribution in [2.75, 3.05) is 19.8 Å². The molecule has 0 saturated heterocycles. The van der Waals surface area contributed by atoms with Gasteiger partial charge in [0.05, 0.1) is 13.0 Å². The zero-order valence-corrected chi connectivity index (χ0v) is 12.1. The topological polar surface area (TPSA) is 75.6 Å². The predicted octanol–water partition coefficient (Wildman–Crippen LogP) is 2.20. The molecule has 7 heteroatoms. The summed E-state index contributed by atoms with van der Waals surface area (Å²) in [5, 5.41) is 11.7. The molecule has 0 spiro atoms. The number of carbonyl (C=O) groups is 2. The fraction of sp³-hybridized carbons (Fsp3) is 0.857. The third kappa shape index (κ3) is 7.36. The maximum atomic E-state index is 11.8. The lowest BCUT2D eigenvalue weighted by Gasteiger charge is -2.36. The number of halogens is 2. The molecule has 0 bridgehead atoms. The van der Waals surface area contributed by atoms with Gasteiger partial charge in [-0.2, -0.15) is 0 Å². The van der Waals surface area contributed by atoms with Crippen LogP contribution < -0.4 is 5.32 Å². The summed E-state index contributed by atoms with van der Waals surface area (Å²) < 4.78 is 28.3. The van der Waals surface area contributed by atoms with Crippen molar-refractivity contribution in [3.8, 4) is 0 Å². The van der Waals surface area contributed by atoms with Crippen LogP contribution in [0.2, 0.25) is 0 Å². The number of hydrogen-bond acceptors (Lipinski definition) is 3. The van der Waals surface area contributed by atoms with Crippen molar-refractivity contribution in [2.45, 2.75) is 51.4 Å². The summed E-state index contributed by atoms with van der Waals surface area (Å²) >= 11 is 0. The second kappa shape index (κ2) is 8.92. The van der Waals surface area contributed by atoms with Gasteiger partial charge in [0.1, 0.15) is 6.61 Å². The molecule has 1 saturated carbocycles. The zero-order chi connectivity index (χ0) is 15.7. The van der Waals surface area contributed by atoms with E-state index in [1.54, 1.807) is 0 Å². The lowest BCUT2D eigenvalue weighted by molar-refractivity contribution is -0.140. The molecule has 0 radical (unpaired) electrons. The van der Waals surface area contributed by atoms with E-state index >= 15 is 0 Å². The van der Waals surface area contributed by atoms with Crippen LogP contribution in [0.15, 0.2) is 0 Å². The second-order valence-corrected chi connectivity index (χ2v) is 5.62. The summed E-state index contributed by atoms with van der Waals surface area (Å²) in [5.41, 5.74) is -0.371. The lowest BCUT2D eigenvalue weighted by atomic mass is 9.71. The van der Waals surface area contributed by atoms with Crippen molar-refractivity contribution < 1.29 is 28.2 Å². The van der Waals surface area contributed by atoms with Crippen molar-refractivity contribution in [1.29, 1.82) is 0 Å². The van der Waals surface area contributed by atoms with Crippen LogP contribution in [-0.4, -0.2) is 43.2 Å². The van der Waals surface area contributed by atoms with Gasteiger partial charge in [0, 0.05) is 13.0 Å². The predicted molar refractivity (Wildman–Crippen MR) is 72.2 cm³/mol. The molecule has 122 valence electrons. The molecule has 1 aliphatic rings. The average Bonchev–Trinajstić information content (AvgIpc) is 2.41. The largest absolute Gasteiger partial charge is 0.481 e. The number of alkyl halides is 2. The first-order valence-electron chi connectivity index (χ1n) is 7.28. The van der Waals surface area contributed by atoms with E-state index in [-0.39, 0.29) is 30.8 Å². The van der Waals surface area contributed by atoms with E-state index in [1.807, 2.05) is 0 Å². The third-order valence-electron chi connectivity index (χ3n) is 3.82. The fourth-order valence-corrected chi connectivity index (χ4v) is 2.75. The lowest BCUT2D eigenvalue weighted by Crippen LogP contribution is -2.40. The number of nitrogens with one attached hydrogen (secondary N) is 1. The van der Waals surface area contributed by atoms with Gasteiger partial charge in [-0.05, 0) is 18.3 Å². The van der Waals surface area contributed by atoms with Crippen LogP contribution in [0, 0.1) is 5.41 Å². The number of hydrogen-bond donors (Lipinski definition) is 2. The van der Waals surface area contributed by atoms with Gasteiger partial charge in [-0.3, -0.25) is 9.59 Å². The van der Waals surface area contributed by atoms with Gasteiger partial charge in [-0.1, -0.05) is 19.3 Å². The molecule has 5 nitrogen and oxygen atoms in total. The van der Waals surface area contributed by atoms with E-state index in [1.165, 1.54) is 0 Å². The summed E-state index contributed by atoms with van der Waals surface area (Å²) in [6.45, 7) is -0.398. The Kier molecular flexibility index (Phi) is 7.56. The van der Waals surface area contributed by atoms with Gasteiger partial charge in [0.15, 0.2) is 0 Å². The standard InChI is InChI=1S/C14H23F2NO4/c15-11(16)9-21-7-4-12(18)17-10-14(8-13(19)20)5-2-1-3-6-14/h11H,1-10H2,(H,17,18)(H,19,20). The number of amides is 1. The highest BCUT2D eigenvalue weighted by atomic mass is 19.3. The number of ether oxygens (including phenoxy) is 1. The Morgan fingerprint density at radius 2 is 1.90 bits per heavy atom. The van der Waals surface area contributed by atoms with Crippen LogP contribution in [-0.2, 0) is 14.3 Å². The van der Waals surface area contributed by atoms with Crippen LogP contribution in [0.3, 0.4) is 0 Å². The van der Waals surface area contributed by atoms with Gasteiger partial charge in [0.2, 0.25) is 5.91 Å². The van der Waals surface area contributed by atoms with E-state index in [0.717, 1.165) is 32.1 Å². The molecule has 0 aromatic carbocycles. The fourth-order valence-electron chi connectivity index (χ4n) is 2.75. The molecule has 0 unspecified atom stereocenters.